The quantitative estimate of drug-likeness (QED) is 0.822. The topological polar surface area (TPSA) is 16.1 Å². The Morgan fingerprint density at radius 1 is 1.50 bits per heavy atom. The van der Waals surface area contributed by atoms with E-state index in [9.17, 15) is 13.2 Å². The zero-order valence-electron chi connectivity index (χ0n) is 10.5. The zero-order chi connectivity index (χ0) is 13.4. The van der Waals surface area contributed by atoms with E-state index in [-0.39, 0.29) is 6.42 Å². The predicted molar refractivity (Wildman–Crippen MR) is 65.3 cm³/mol. The van der Waals surface area contributed by atoms with Gasteiger partial charge in [-0.15, -0.1) is 11.3 Å². The van der Waals surface area contributed by atoms with E-state index in [0.717, 1.165) is 4.88 Å². The molecule has 2 heterocycles. The molecule has 0 bridgehead atoms. The van der Waals surface area contributed by atoms with Crippen LogP contribution in [0, 0.1) is 11.3 Å². The van der Waals surface area contributed by atoms with Crippen molar-refractivity contribution >= 4 is 11.3 Å². The molecule has 0 amide bonds. The second-order valence-electron chi connectivity index (χ2n) is 5.55. The molecule has 1 aromatic heterocycles. The van der Waals surface area contributed by atoms with Crippen LogP contribution in [0.15, 0.2) is 11.7 Å². The monoisotopic (exact) mass is 278 g/mol. The van der Waals surface area contributed by atoms with E-state index < -0.39 is 17.5 Å². The van der Waals surface area contributed by atoms with Crippen LogP contribution in [0.25, 0.3) is 0 Å². The molecule has 6 heteroatoms. The van der Waals surface area contributed by atoms with Crippen molar-refractivity contribution in [3.05, 3.63) is 16.6 Å². The molecular weight excluding hydrogens is 261 g/mol. The van der Waals surface area contributed by atoms with Crippen LogP contribution in [0.1, 0.15) is 25.1 Å². The van der Waals surface area contributed by atoms with E-state index in [1.54, 1.807) is 36.9 Å². The van der Waals surface area contributed by atoms with Crippen LogP contribution in [0.4, 0.5) is 13.2 Å². The van der Waals surface area contributed by atoms with E-state index in [1.807, 2.05) is 0 Å². The average Bonchev–Trinajstić information content (AvgIpc) is 2.66. The van der Waals surface area contributed by atoms with Crippen molar-refractivity contribution in [2.75, 3.05) is 13.1 Å². The molecule has 1 aliphatic rings. The SMILES string of the molecule is CC1(C)CN(Cc2cncs2)CC[C@@H]1C(F)(F)F. The van der Waals surface area contributed by atoms with E-state index in [1.165, 1.54) is 0 Å². The van der Waals surface area contributed by atoms with E-state index in [0.29, 0.717) is 19.6 Å². The second kappa shape index (κ2) is 4.81. The minimum Gasteiger partial charge on any atom is -0.298 e. The highest BCUT2D eigenvalue weighted by Crippen LogP contribution is 2.45. The van der Waals surface area contributed by atoms with Crippen LogP contribution < -0.4 is 0 Å². The van der Waals surface area contributed by atoms with Crippen molar-refractivity contribution < 1.29 is 13.2 Å². The maximum atomic E-state index is 12.9. The molecule has 1 aliphatic heterocycles. The van der Waals surface area contributed by atoms with Gasteiger partial charge in [-0.05, 0) is 18.4 Å². The largest absolute Gasteiger partial charge is 0.392 e. The van der Waals surface area contributed by atoms with Gasteiger partial charge in [-0.25, -0.2) is 0 Å². The van der Waals surface area contributed by atoms with Gasteiger partial charge >= 0.3 is 6.18 Å². The Hall–Kier alpha value is -0.620. The number of piperidine rings is 1. The van der Waals surface area contributed by atoms with Gasteiger partial charge in [0.1, 0.15) is 0 Å². The van der Waals surface area contributed by atoms with Gasteiger partial charge < -0.3 is 0 Å². The van der Waals surface area contributed by atoms with E-state index in [2.05, 4.69) is 9.88 Å². The molecule has 1 saturated heterocycles. The molecule has 2 rings (SSSR count). The molecule has 102 valence electrons. The first-order chi connectivity index (χ1) is 8.29. The highest BCUT2D eigenvalue weighted by Gasteiger charge is 2.50. The summed E-state index contributed by atoms with van der Waals surface area (Å²) in [6, 6.07) is 0. The van der Waals surface area contributed by atoms with Gasteiger partial charge in [-0.2, -0.15) is 13.2 Å². The highest BCUT2D eigenvalue weighted by molar-refractivity contribution is 7.09. The Kier molecular flexibility index (Phi) is 3.69. The van der Waals surface area contributed by atoms with Crippen molar-refractivity contribution in [1.82, 2.24) is 9.88 Å². The van der Waals surface area contributed by atoms with Crippen LogP contribution in [0.5, 0.6) is 0 Å². The minimum absolute atomic E-state index is 0.190. The predicted octanol–water partition coefficient (Wildman–Crippen LogP) is 3.55. The number of hydrogen-bond acceptors (Lipinski definition) is 3. The highest BCUT2D eigenvalue weighted by atomic mass is 32.1. The number of hydrogen-bond donors (Lipinski definition) is 0. The summed E-state index contributed by atoms with van der Waals surface area (Å²) in [6.07, 6.45) is -2.11. The molecule has 18 heavy (non-hydrogen) atoms. The number of likely N-dealkylation sites (tertiary alicyclic amines) is 1. The van der Waals surface area contributed by atoms with Gasteiger partial charge in [0.15, 0.2) is 0 Å². The molecule has 0 radical (unpaired) electrons. The lowest BCUT2D eigenvalue weighted by Crippen LogP contribution is -2.50. The number of halogens is 3. The normalized spacial score (nSPS) is 25.3. The van der Waals surface area contributed by atoms with Crippen molar-refractivity contribution in [1.29, 1.82) is 0 Å². The van der Waals surface area contributed by atoms with Gasteiger partial charge in [0, 0.05) is 24.2 Å². The van der Waals surface area contributed by atoms with Crippen LogP contribution in [-0.2, 0) is 6.54 Å². The summed E-state index contributed by atoms with van der Waals surface area (Å²) in [6.45, 7) is 5.12. The Bertz CT molecular complexity index is 387. The third kappa shape index (κ3) is 3.03. The second-order valence-corrected chi connectivity index (χ2v) is 6.52. The lowest BCUT2D eigenvalue weighted by molar-refractivity contribution is -0.217. The molecule has 0 saturated carbocycles. The molecule has 0 unspecified atom stereocenters. The molecular formula is C12H17F3N2S. The Labute approximate surface area is 109 Å². The number of thiazole rings is 1. The van der Waals surface area contributed by atoms with E-state index in [4.69, 9.17) is 0 Å². The summed E-state index contributed by atoms with van der Waals surface area (Å²) in [5.41, 5.74) is 1.03. The number of alkyl halides is 3. The molecule has 0 N–H and O–H groups in total. The van der Waals surface area contributed by atoms with Crippen LogP contribution in [0.2, 0.25) is 0 Å². The smallest absolute Gasteiger partial charge is 0.298 e. The molecule has 0 aromatic carbocycles. The van der Waals surface area contributed by atoms with Gasteiger partial charge in [0.2, 0.25) is 0 Å². The van der Waals surface area contributed by atoms with Gasteiger partial charge in [0.05, 0.1) is 11.4 Å². The molecule has 0 spiro atoms. The standard InChI is InChI=1S/C12H17F3N2S/c1-11(2)7-17(6-9-5-16-8-18-9)4-3-10(11)12(13,14)15/h5,8,10H,3-4,6-7H2,1-2H3/t10-/m0/s1. The Morgan fingerprint density at radius 2 is 2.22 bits per heavy atom. The number of rotatable bonds is 2. The Balaban J connectivity index is 2.01. The first-order valence-corrected chi connectivity index (χ1v) is 6.83. The number of nitrogens with zero attached hydrogens (tertiary/aromatic N) is 2. The van der Waals surface area contributed by atoms with Crippen molar-refractivity contribution in [2.45, 2.75) is 33.0 Å². The summed E-state index contributed by atoms with van der Waals surface area (Å²) in [5, 5.41) is 0. The third-order valence-electron chi connectivity index (χ3n) is 3.57. The Morgan fingerprint density at radius 3 is 2.72 bits per heavy atom. The lowest BCUT2D eigenvalue weighted by Gasteiger charge is -2.44. The maximum absolute atomic E-state index is 12.9. The molecule has 2 nitrogen and oxygen atoms in total. The zero-order valence-corrected chi connectivity index (χ0v) is 11.3. The minimum atomic E-state index is -4.08. The summed E-state index contributed by atoms with van der Waals surface area (Å²) in [7, 11) is 0. The van der Waals surface area contributed by atoms with Crippen molar-refractivity contribution in [3.63, 3.8) is 0 Å². The fourth-order valence-electron chi connectivity index (χ4n) is 2.75. The van der Waals surface area contributed by atoms with Crippen LogP contribution in [0.3, 0.4) is 0 Å². The maximum Gasteiger partial charge on any atom is 0.392 e. The third-order valence-corrected chi connectivity index (χ3v) is 4.33. The summed E-state index contributed by atoms with van der Waals surface area (Å²) < 4.78 is 38.7. The van der Waals surface area contributed by atoms with E-state index >= 15 is 0 Å². The molecule has 0 aliphatic carbocycles. The van der Waals surface area contributed by atoms with Crippen LogP contribution in [-0.4, -0.2) is 29.1 Å². The van der Waals surface area contributed by atoms with Crippen LogP contribution >= 0.6 is 11.3 Å². The van der Waals surface area contributed by atoms with Gasteiger partial charge in [0.25, 0.3) is 0 Å². The molecule has 1 fully saturated rings. The summed E-state index contributed by atoms with van der Waals surface area (Å²) in [4.78, 5) is 7.19. The summed E-state index contributed by atoms with van der Waals surface area (Å²) in [5.74, 6) is -1.19. The van der Waals surface area contributed by atoms with Crippen molar-refractivity contribution in [3.8, 4) is 0 Å². The average molecular weight is 278 g/mol. The molecule has 1 aromatic rings. The first-order valence-electron chi connectivity index (χ1n) is 5.95. The lowest BCUT2D eigenvalue weighted by atomic mass is 9.73. The van der Waals surface area contributed by atoms with Gasteiger partial charge in [-0.1, -0.05) is 13.8 Å². The van der Waals surface area contributed by atoms with Gasteiger partial charge in [-0.3, -0.25) is 9.88 Å². The summed E-state index contributed by atoms with van der Waals surface area (Å²) >= 11 is 1.55. The van der Waals surface area contributed by atoms with Crippen molar-refractivity contribution in [2.24, 2.45) is 11.3 Å². The molecule has 1 atom stereocenters. The fourth-order valence-corrected chi connectivity index (χ4v) is 3.39. The first kappa shape index (κ1) is 13.8. The fraction of sp³-hybridized carbons (Fsp3) is 0.750. The number of aromatic nitrogens is 1.